The normalized spacial score (nSPS) is 16.4. The Morgan fingerprint density at radius 1 is 1.09 bits per heavy atom. The fourth-order valence-corrected chi connectivity index (χ4v) is 3.65. The molecule has 0 amide bonds. The summed E-state index contributed by atoms with van der Waals surface area (Å²) in [4.78, 5) is 18.0. The molecular formula is C18H22N2O2S. The zero-order chi connectivity index (χ0) is 16.1. The van der Waals surface area contributed by atoms with Crippen LogP contribution in [0.5, 0.6) is 0 Å². The molecule has 1 aliphatic heterocycles. The highest BCUT2D eigenvalue weighted by Gasteiger charge is 2.17. The number of carbonyl (C=O) groups excluding carboxylic acids is 1. The monoisotopic (exact) mass is 330 g/mol. The lowest BCUT2D eigenvalue weighted by atomic mass is 10.1. The van der Waals surface area contributed by atoms with Crippen LogP contribution in [0.3, 0.4) is 0 Å². The molecule has 1 aromatic carbocycles. The topological polar surface area (TPSA) is 32.8 Å². The number of ether oxygens (including phenoxy) is 1. The van der Waals surface area contributed by atoms with Gasteiger partial charge in [0.2, 0.25) is 0 Å². The molecule has 0 unspecified atom stereocenters. The number of carbonyl (C=O) groups is 1. The van der Waals surface area contributed by atoms with Gasteiger partial charge in [0.15, 0.2) is 0 Å². The van der Waals surface area contributed by atoms with E-state index in [-0.39, 0.29) is 5.97 Å². The van der Waals surface area contributed by atoms with Crippen molar-refractivity contribution in [1.82, 2.24) is 9.80 Å². The van der Waals surface area contributed by atoms with Crippen LogP contribution >= 0.6 is 11.3 Å². The number of thiophene rings is 1. The van der Waals surface area contributed by atoms with Gasteiger partial charge in [-0.2, -0.15) is 0 Å². The molecule has 3 rings (SSSR count). The van der Waals surface area contributed by atoms with Crippen molar-refractivity contribution in [3.8, 4) is 0 Å². The summed E-state index contributed by atoms with van der Waals surface area (Å²) in [6.07, 6.45) is 0. The van der Waals surface area contributed by atoms with Crippen LogP contribution < -0.4 is 0 Å². The highest BCUT2D eigenvalue weighted by atomic mass is 32.1. The largest absolute Gasteiger partial charge is 0.465 e. The molecule has 0 N–H and O–H groups in total. The second kappa shape index (κ2) is 7.73. The maximum Gasteiger partial charge on any atom is 0.337 e. The van der Waals surface area contributed by atoms with Crippen molar-refractivity contribution in [2.75, 3.05) is 33.3 Å². The van der Waals surface area contributed by atoms with E-state index in [1.54, 1.807) is 6.07 Å². The zero-order valence-electron chi connectivity index (χ0n) is 13.4. The lowest BCUT2D eigenvalue weighted by molar-refractivity contribution is 0.0600. The van der Waals surface area contributed by atoms with E-state index in [1.807, 2.05) is 23.5 Å². The van der Waals surface area contributed by atoms with E-state index < -0.39 is 0 Å². The summed E-state index contributed by atoms with van der Waals surface area (Å²) in [6, 6.07) is 12.1. The molecule has 0 bridgehead atoms. The average Bonchev–Trinajstić information content (AvgIpc) is 3.09. The molecule has 2 aromatic rings. The first-order valence-corrected chi connectivity index (χ1v) is 8.77. The van der Waals surface area contributed by atoms with Crippen molar-refractivity contribution in [1.29, 1.82) is 0 Å². The summed E-state index contributed by atoms with van der Waals surface area (Å²) >= 11 is 1.83. The molecule has 1 aliphatic rings. The second-order valence-corrected chi connectivity index (χ2v) is 6.86. The first-order valence-electron chi connectivity index (χ1n) is 7.89. The summed E-state index contributed by atoms with van der Waals surface area (Å²) < 4.78 is 4.79. The van der Waals surface area contributed by atoms with E-state index in [2.05, 4.69) is 33.4 Å². The molecule has 1 saturated heterocycles. The zero-order valence-corrected chi connectivity index (χ0v) is 14.2. The lowest BCUT2D eigenvalue weighted by Crippen LogP contribution is -2.45. The molecule has 2 heterocycles. The predicted octanol–water partition coefficient (Wildman–Crippen LogP) is 2.85. The number of benzene rings is 1. The Labute approximate surface area is 141 Å². The molecule has 4 nitrogen and oxygen atoms in total. The van der Waals surface area contributed by atoms with Gasteiger partial charge in [0.1, 0.15) is 0 Å². The van der Waals surface area contributed by atoms with Gasteiger partial charge in [0.05, 0.1) is 12.7 Å². The van der Waals surface area contributed by atoms with Crippen LogP contribution in [-0.4, -0.2) is 49.1 Å². The van der Waals surface area contributed by atoms with Crippen LogP contribution in [0.2, 0.25) is 0 Å². The van der Waals surface area contributed by atoms with Crippen molar-refractivity contribution < 1.29 is 9.53 Å². The fraction of sp³-hybridized carbons (Fsp3) is 0.389. The summed E-state index contributed by atoms with van der Waals surface area (Å²) in [5, 5.41) is 2.14. The van der Waals surface area contributed by atoms with Gasteiger partial charge in [-0.3, -0.25) is 9.80 Å². The predicted molar refractivity (Wildman–Crippen MR) is 92.7 cm³/mol. The van der Waals surface area contributed by atoms with E-state index in [1.165, 1.54) is 17.6 Å². The van der Waals surface area contributed by atoms with Gasteiger partial charge in [-0.05, 0) is 29.1 Å². The Morgan fingerprint density at radius 3 is 2.48 bits per heavy atom. The molecule has 1 aromatic heterocycles. The molecule has 23 heavy (non-hydrogen) atoms. The van der Waals surface area contributed by atoms with Crippen molar-refractivity contribution >= 4 is 17.3 Å². The molecule has 0 spiro atoms. The highest BCUT2D eigenvalue weighted by Crippen LogP contribution is 2.15. The smallest absolute Gasteiger partial charge is 0.337 e. The minimum atomic E-state index is -0.271. The van der Waals surface area contributed by atoms with Crippen LogP contribution in [-0.2, 0) is 17.8 Å². The first kappa shape index (κ1) is 16.2. The van der Waals surface area contributed by atoms with E-state index >= 15 is 0 Å². The Morgan fingerprint density at radius 2 is 1.83 bits per heavy atom. The minimum Gasteiger partial charge on any atom is -0.465 e. The SMILES string of the molecule is COC(=O)c1cccc(CN2CCN(Cc3cccs3)CC2)c1. The van der Waals surface area contributed by atoms with Crippen molar-refractivity contribution in [3.63, 3.8) is 0 Å². The number of nitrogens with zero attached hydrogens (tertiary/aromatic N) is 2. The molecular weight excluding hydrogens is 308 g/mol. The van der Waals surface area contributed by atoms with Gasteiger partial charge >= 0.3 is 5.97 Å². The Bertz CT molecular complexity index is 634. The number of methoxy groups -OCH3 is 1. The Hall–Kier alpha value is -1.69. The average molecular weight is 330 g/mol. The van der Waals surface area contributed by atoms with Crippen molar-refractivity contribution in [2.45, 2.75) is 13.1 Å². The van der Waals surface area contributed by atoms with Gasteiger partial charge in [-0.1, -0.05) is 18.2 Å². The van der Waals surface area contributed by atoms with E-state index in [4.69, 9.17) is 4.74 Å². The van der Waals surface area contributed by atoms with Gasteiger partial charge in [0.25, 0.3) is 0 Å². The Kier molecular flexibility index (Phi) is 5.43. The molecule has 0 saturated carbocycles. The van der Waals surface area contributed by atoms with Gasteiger partial charge in [-0.15, -0.1) is 11.3 Å². The number of esters is 1. The number of hydrogen-bond donors (Lipinski definition) is 0. The van der Waals surface area contributed by atoms with Crippen LogP contribution in [0.4, 0.5) is 0 Å². The third kappa shape index (κ3) is 4.41. The molecule has 0 radical (unpaired) electrons. The number of hydrogen-bond acceptors (Lipinski definition) is 5. The maximum atomic E-state index is 11.6. The molecule has 122 valence electrons. The van der Waals surface area contributed by atoms with Gasteiger partial charge < -0.3 is 4.74 Å². The summed E-state index contributed by atoms with van der Waals surface area (Å²) in [5.41, 5.74) is 1.79. The van der Waals surface area contributed by atoms with E-state index in [0.717, 1.165) is 39.3 Å². The van der Waals surface area contributed by atoms with Crippen LogP contribution in [0.15, 0.2) is 41.8 Å². The summed E-state index contributed by atoms with van der Waals surface area (Å²) in [6.45, 7) is 6.26. The standard InChI is InChI=1S/C18H22N2O2S/c1-22-18(21)16-5-2-4-15(12-16)13-19-7-9-20(10-8-19)14-17-6-3-11-23-17/h2-6,11-12H,7-10,13-14H2,1H3. The molecule has 0 aliphatic carbocycles. The minimum absolute atomic E-state index is 0.271. The van der Waals surface area contributed by atoms with Crippen molar-refractivity contribution in [2.24, 2.45) is 0 Å². The fourth-order valence-electron chi connectivity index (χ4n) is 2.90. The Balaban J connectivity index is 1.51. The third-order valence-corrected chi connectivity index (χ3v) is 5.04. The maximum absolute atomic E-state index is 11.6. The van der Waals surface area contributed by atoms with Crippen LogP contribution in [0.25, 0.3) is 0 Å². The number of piperazine rings is 1. The summed E-state index contributed by atoms with van der Waals surface area (Å²) in [7, 11) is 1.42. The number of rotatable bonds is 5. The summed E-state index contributed by atoms with van der Waals surface area (Å²) in [5.74, 6) is -0.271. The first-order chi connectivity index (χ1) is 11.2. The second-order valence-electron chi connectivity index (χ2n) is 5.82. The molecule has 0 atom stereocenters. The molecule has 1 fully saturated rings. The van der Waals surface area contributed by atoms with E-state index in [0.29, 0.717) is 5.56 Å². The van der Waals surface area contributed by atoms with Gasteiger partial charge in [0, 0.05) is 44.1 Å². The van der Waals surface area contributed by atoms with Crippen LogP contribution in [0, 0.1) is 0 Å². The molecule has 5 heteroatoms. The highest BCUT2D eigenvalue weighted by molar-refractivity contribution is 7.09. The quantitative estimate of drug-likeness (QED) is 0.789. The van der Waals surface area contributed by atoms with Gasteiger partial charge in [-0.25, -0.2) is 4.79 Å². The van der Waals surface area contributed by atoms with E-state index in [9.17, 15) is 4.79 Å². The van der Waals surface area contributed by atoms with Crippen molar-refractivity contribution in [3.05, 3.63) is 57.8 Å². The lowest BCUT2D eigenvalue weighted by Gasteiger charge is -2.34. The third-order valence-electron chi connectivity index (χ3n) is 4.18. The van der Waals surface area contributed by atoms with Crippen LogP contribution in [0.1, 0.15) is 20.8 Å².